The number of carbonyl (C=O) groups excluding carboxylic acids is 1. The number of aliphatic hydroxyl groups is 2. The molecule has 1 heterocycles. The fourth-order valence-electron chi connectivity index (χ4n) is 6.56. The second-order valence-electron chi connectivity index (χ2n) is 9.31. The van der Waals surface area contributed by atoms with E-state index in [0.29, 0.717) is 31.3 Å². The summed E-state index contributed by atoms with van der Waals surface area (Å²) < 4.78 is 11.4. The van der Waals surface area contributed by atoms with E-state index in [1.165, 1.54) is 0 Å². The Labute approximate surface area is 155 Å². The highest BCUT2D eigenvalue weighted by molar-refractivity contribution is 5.69. The summed E-state index contributed by atoms with van der Waals surface area (Å²) in [5.41, 5.74) is 0.993. The van der Waals surface area contributed by atoms with Gasteiger partial charge in [-0.2, -0.15) is 0 Å². The van der Waals surface area contributed by atoms with Gasteiger partial charge in [0.1, 0.15) is 6.10 Å². The van der Waals surface area contributed by atoms with E-state index < -0.39 is 12.4 Å². The normalized spacial score (nSPS) is 50.3. The quantitative estimate of drug-likeness (QED) is 0.582. The highest BCUT2D eigenvalue weighted by Crippen LogP contribution is 2.64. The molecule has 26 heavy (non-hydrogen) atoms. The second kappa shape index (κ2) is 6.32. The van der Waals surface area contributed by atoms with Crippen molar-refractivity contribution in [1.82, 2.24) is 0 Å². The van der Waals surface area contributed by atoms with Gasteiger partial charge in [-0.15, -0.1) is 0 Å². The Bertz CT molecular complexity index is 616. The zero-order valence-corrected chi connectivity index (χ0v) is 16.1. The molecule has 2 N–H and O–H groups in total. The van der Waals surface area contributed by atoms with Crippen LogP contribution in [0.1, 0.15) is 59.3 Å². The Balaban J connectivity index is 1.64. The minimum absolute atomic E-state index is 0.0317. The molecule has 0 aromatic heterocycles. The second-order valence-corrected chi connectivity index (χ2v) is 9.31. The first-order valence-electron chi connectivity index (χ1n) is 10.2. The van der Waals surface area contributed by atoms with Gasteiger partial charge in [0.25, 0.3) is 0 Å². The Hall–Kier alpha value is -0.910. The van der Waals surface area contributed by atoms with E-state index in [-0.39, 0.29) is 28.8 Å². The number of rotatable bonds is 2. The maximum atomic E-state index is 11.9. The molecule has 1 aliphatic heterocycles. The Morgan fingerprint density at radius 2 is 2.04 bits per heavy atom. The Morgan fingerprint density at radius 1 is 1.27 bits per heavy atom. The molecule has 146 valence electrons. The van der Waals surface area contributed by atoms with Crippen LogP contribution in [-0.4, -0.2) is 41.3 Å². The molecule has 0 aromatic carbocycles. The highest BCUT2D eigenvalue weighted by Gasteiger charge is 2.61. The molecule has 8 atom stereocenters. The lowest BCUT2D eigenvalue weighted by molar-refractivity contribution is -0.182. The molecule has 5 heteroatoms. The molecule has 3 unspecified atom stereocenters. The number of hydrogen-bond donors (Lipinski definition) is 2. The topological polar surface area (TPSA) is 76.0 Å². The van der Waals surface area contributed by atoms with Gasteiger partial charge in [0, 0.05) is 23.7 Å². The molecule has 3 aliphatic carbocycles. The van der Waals surface area contributed by atoms with Gasteiger partial charge in [-0.3, -0.25) is 4.79 Å². The van der Waals surface area contributed by atoms with Crippen molar-refractivity contribution in [2.24, 2.45) is 28.6 Å². The van der Waals surface area contributed by atoms with Crippen molar-refractivity contribution < 1.29 is 24.5 Å². The fourth-order valence-corrected chi connectivity index (χ4v) is 6.56. The molecule has 0 amide bonds. The summed E-state index contributed by atoms with van der Waals surface area (Å²) in [6.45, 7) is 6.85. The largest absolute Gasteiger partial charge is 0.462 e. The van der Waals surface area contributed by atoms with Crippen molar-refractivity contribution in [3.8, 4) is 0 Å². The van der Waals surface area contributed by atoms with E-state index in [9.17, 15) is 15.0 Å². The molecule has 3 fully saturated rings. The molecular formula is C21H32O5. The van der Waals surface area contributed by atoms with Crippen LogP contribution in [0.5, 0.6) is 0 Å². The summed E-state index contributed by atoms with van der Waals surface area (Å²) in [4.78, 5) is 11.9. The van der Waals surface area contributed by atoms with Gasteiger partial charge in [-0.05, 0) is 43.4 Å². The molecule has 0 aromatic rings. The van der Waals surface area contributed by atoms with Crippen LogP contribution in [0.4, 0.5) is 0 Å². The fraction of sp³-hybridized carbons (Fsp3) is 0.857. The third-order valence-corrected chi connectivity index (χ3v) is 8.10. The average molecular weight is 364 g/mol. The van der Waals surface area contributed by atoms with Crippen LogP contribution >= 0.6 is 0 Å². The monoisotopic (exact) mass is 364 g/mol. The van der Waals surface area contributed by atoms with Gasteiger partial charge in [0.15, 0.2) is 6.29 Å². The molecule has 4 aliphatic rings. The predicted molar refractivity (Wildman–Crippen MR) is 96.0 cm³/mol. The summed E-state index contributed by atoms with van der Waals surface area (Å²) in [6, 6.07) is 0. The number of esters is 1. The molecule has 0 bridgehead atoms. The van der Waals surface area contributed by atoms with Gasteiger partial charge < -0.3 is 19.7 Å². The lowest BCUT2D eigenvalue weighted by Gasteiger charge is -2.58. The molecular weight excluding hydrogens is 332 g/mol. The maximum Gasteiger partial charge on any atom is 0.305 e. The molecule has 0 spiro atoms. The number of fused-ring (bicyclic) bond motifs is 5. The van der Waals surface area contributed by atoms with Crippen molar-refractivity contribution >= 4 is 5.97 Å². The molecule has 5 nitrogen and oxygen atoms in total. The van der Waals surface area contributed by atoms with Crippen molar-refractivity contribution in [2.75, 3.05) is 6.61 Å². The van der Waals surface area contributed by atoms with Crippen molar-refractivity contribution in [1.29, 1.82) is 0 Å². The van der Waals surface area contributed by atoms with E-state index in [1.54, 1.807) is 0 Å². The first-order valence-corrected chi connectivity index (χ1v) is 10.2. The number of carbonyl (C=O) groups is 1. The number of aliphatic hydroxyl groups excluding tert-OH is 2. The van der Waals surface area contributed by atoms with E-state index in [0.717, 1.165) is 31.3 Å². The van der Waals surface area contributed by atoms with Crippen molar-refractivity contribution in [3.05, 3.63) is 11.6 Å². The van der Waals surface area contributed by atoms with Gasteiger partial charge in [-0.1, -0.05) is 32.4 Å². The van der Waals surface area contributed by atoms with Gasteiger partial charge in [0.2, 0.25) is 0 Å². The smallest absolute Gasteiger partial charge is 0.305 e. The molecule has 2 saturated carbocycles. The van der Waals surface area contributed by atoms with E-state index >= 15 is 0 Å². The van der Waals surface area contributed by atoms with Gasteiger partial charge in [-0.25, -0.2) is 0 Å². The zero-order valence-electron chi connectivity index (χ0n) is 16.1. The minimum atomic E-state index is -0.753. The molecule has 4 rings (SSSR count). The minimum Gasteiger partial charge on any atom is -0.462 e. The summed E-state index contributed by atoms with van der Waals surface area (Å²) in [7, 11) is 0. The van der Waals surface area contributed by atoms with Crippen molar-refractivity contribution in [3.63, 3.8) is 0 Å². The third-order valence-electron chi connectivity index (χ3n) is 8.10. The summed E-state index contributed by atoms with van der Waals surface area (Å²) in [5.74, 6) is 0.759. The first kappa shape index (κ1) is 18.5. The van der Waals surface area contributed by atoms with Crippen LogP contribution in [-0.2, 0) is 14.3 Å². The van der Waals surface area contributed by atoms with E-state index in [4.69, 9.17) is 9.47 Å². The van der Waals surface area contributed by atoms with Gasteiger partial charge in [0.05, 0.1) is 12.7 Å². The van der Waals surface area contributed by atoms with E-state index in [2.05, 4.69) is 13.8 Å². The van der Waals surface area contributed by atoms with Gasteiger partial charge >= 0.3 is 5.97 Å². The SMILES string of the molecule is CCC(=O)O[C@H]1CCC2C3C(CC[C@@]21C)[C@@]1(C)CO[C@H](O)CC1=C[C@@H]3O. The predicted octanol–water partition coefficient (Wildman–Crippen LogP) is 2.80. The lowest BCUT2D eigenvalue weighted by Crippen LogP contribution is -2.57. The van der Waals surface area contributed by atoms with E-state index in [1.807, 2.05) is 13.0 Å². The van der Waals surface area contributed by atoms with Crippen LogP contribution in [0, 0.1) is 28.6 Å². The molecule has 1 saturated heterocycles. The Kier molecular flexibility index (Phi) is 4.48. The summed E-state index contributed by atoms with van der Waals surface area (Å²) in [5, 5.41) is 20.9. The lowest BCUT2D eigenvalue weighted by atomic mass is 9.49. The standard InChI is InChI=1S/C21H32O5/c1-4-17(23)26-16-6-5-13-19-14(7-8-20(13,16)2)21(3)11-25-18(24)10-12(21)9-15(19)22/h9,13-16,18-19,22,24H,4-8,10-11H2,1-3H3/t13?,14?,15-,16-,18-,19?,20-,21-/m0/s1. The van der Waals surface area contributed by atoms with Crippen LogP contribution < -0.4 is 0 Å². The maximum absolute atomic E-state index is 11.9. The first-order chi connectivity index (χ1) is 12.3. The summed E-state index contributed by atoms with van der Waals surface area (Å²) in [6.07, 6.45) is 5.53. The van der Waals surface area contributed by atoms with Crippen LogP contribution in [0.25, 0.3) is 0 Å². The summed E-state index contributed by atoms with van der Waals surface area (Å²) >= 11 is 0. The average Bonchev–Trinajstić information content (AvgIpc) is 2.93. The highest BCUT2D eigenvalue weighted by atomic mass is 16.6. The Morgan fingerprint density at radius 3 is 2.77 bits per heavy atom. The van der Waals surface area contributed by atoms with Crippen LogP contribution in [0.3, 0.4) is 0 Å². The third kappa shape index (κ3) is 2.58. The van der Waals surface area contributed by atoms with Crippen molar-refractivity contribution in [2.45, 2.75) is 77.8 Å². The van der Waals surface area contributed by atoms with Crippen LogP contribution in [0.2, 0.25) is 0 Å². The number of hydrogen-bond acceptors (Lipinski definition) is 5. The number of ether oxygens (including phenoxy) is 2. The molecule has 0 radical (unpaired) electrons. The van der Waals surface area contributed by atoms with Crippen LogP contribution in [0.15, 0.2) is 11.6 Å². The zero-order chi connectivity index (χ0) is 18.7.